The van der Waals surface area contributed by atoms with E-state index in [1.807, 2.05) is 13.0 Å². The molecule has 0 aromatic rings. The Morgan fingerprint density at radius 3 is 2.25 bits per heavy atom. The molecule has 0 aromatic carbocycles. The van der Waals surface area contributed by atoms with Crippen LogP contribution in [-0.2, 0) is 9.53 Å². The Balaban J connectivity index is 3.31. The smallest absolute Gasteiger partial charge is 0.309 e. The van der Waals surface area contributed by atoms with Gasteiger partial charge in [0, 0.05) is 0 Å². The van der Waals surface area contributed by atoms with Crippen LogP contribution in [0.1, 0.15) is 52.4 Å². The van der Waals surface area contributed by atoms with Gasteiger partial charge in [0.2, 0.25) is 0 Å². The minimum atomic E-state index is -0.137. The molecule has 0 bridgehead atoms. The third kappa shape index (κ3) is 11.0. The van der Waals surface area contributed by atoms with Crippen molar-refractivity contribution in [2.45, 2.75) is 52.4 Å². The summed E-state index contributed by atoms with van der Waals surface area (Å²) in [4.78, 5) is 11.0. The normalized spacial score (nSPS) is 11.4. The molecule has 0 aliphatic rings. The van der Waals surface area contributed by atoms with Crippen molar-refractivity contribution < 1.29 is 9.53 Å². The van der Waals surface area contributed by atoms with Crippen LogP contribution >= 0.6 is 0 Å². The van der Waals surface area contributed by atoms with Gasteiger partial charge in [-0.05, 0) is 32.6 Å². The lowest BCUT2D eigenvalue weighted by atomic mass is 10.2. The first kappa shape index (κ1) is 14.9. The molecular weight excluding hydrogens is 200 g/mol. The van der Waals surface area contributed by atoms with Crippen LogP contribution in [-0.4, -0.2) is 12.6 Å². The molecule has 0 fully saturated rings. The predicted octanol–water partition coefficient (Wildman–Crippen LogP) is 4.02. The molecule has 0 amide bonds. The monoisotopic (exact) mass is 224 g/mol. The van der Waals surface area contributed by atoms with Gasteiger partial charge in [-0.15, -0.1) is 0 Å². The summed E-state index contributed by atoms with van der Waals surface area (Å²) in [5.74, 6) is -0.137. The van der Waals surface area contributed by atoms with E-state index in [9.17, 15) is 4.79 Å². The van der Waals surface area contributed by atoms with Crippen molar-refractivity contribution in [3.8, 4) is 0 Å². The third-order valence-corrected chi connectivity index (χ3v) is 2.12. The average molecular weight is 224 g/mol. The van der Waals surface area contributed by atoms with E-state index in [0.717, 1.165) is 19.3 Å². The summed E-state index contributed by atoms with van der Waals surface area (Å²) in [5.41, 5.74) is 0. The van der Waals surface area contributed by atoms with Gasteiger partial charge in [-0.2, -0.15) is 0 Å². The summed E-state index contributed by atoms with van der Waals surface area (Å²) >= 11 is 0. The number of carbonyl (C=O) groups excluding carboxylic acids is 1. The SMILES string of the molecule is CCCC=CCCCC=CCC(=O)OCC. The van der Waals surface area contributed by atoms with Gasteiger partial charge in [-0.3, -0.25) is 4.79 Å². The van der Waals surface area contributed by atoms with Crippen molar-refractivity contribution >= 4 is 5.97 Å². The molecule has 0 aromatic heterocycles. The zero-order valence-electron chi connectivity index (χ0n) is 10.6. The minimum absolute atomic E-state index is 0.137. The maximum atomic E-state index is 11.0. The molecule has 0 saturated heterocycles. The number of ether oxygens (including phenoxy) is 1. The predicted molar refractivity (Wildman–Crippen MR) is 68.3 cm³/mol. The fraction of sp³-hybridized carbons (Fsp3) is 0.643. The van der Waals surface area contributed by atoms with E-state index in [4.69, 9.17) is 4.74 Å². The second-order valence-electron chi connectivity index (χ2n) is 3.67. The Kier molecular flexibility index (Phi) is 11.2. The van der Waals surface area contributed by atoms with Crippen LogP contribution in [0.3, 0.4) is 0 Å². The van der Waals surface area contributed by atoms with Crippen molar-refractivity contribution in [3.05, 3.63) is 24.3 Å². The highest BCUT2D eigenvalue weighted by atomic mass is 16.5. The molecular formula is C14H24O2. The fourth-order valence-electron chi connectivity index (χ4n) is 1.27. The summed E-state index contributed by atoms with van der Waals surface area (Å²) in [6.07, 6.45) is 14.6. The third-order valence-electron chi connectivity index (χ3n) is 2.12. The highest BCUT2D eigenvalue weighted by Gasteiger charge is 1.95. The quantitative estimate of drug-likeness (QED) is 0.336. The summed E-state index contributed by atoms with van der Waals surface area (Å²) in [6, 6.07) is 0. The maximum Gasteiger partial charge on any atom is 0.309 e. The van der Waals surface area contributed by atoms with Crippen LogP contribution in [0.2, 0.25) is 0 Å². The molecule has 0 aliphatic carbocycles. The van der Waals surface area contributed by atoms with Crippen LogP contribution in [0, 0.1) is 0 Å². The lowest BCUT2D eigenvalue weighted by Crippen LogP contribution is -2.01. The number of hydrogen-bond acceptors (Lipinski definition) is 2. The Morgan fingerprint density at radius 2 is 1.62 bits per heavy atom. The van der Waals surface area contributed by atoms with Gasteiger partial charge in [0.05, 0.1) is 13.0 Å². The largest absolute Gasteiger partial charge is 0.466 e. The van der Waals surface area contributed by atoms with Gasteiger partial charge in [0.25, 0.3) is 0 Å². The van der Waals surface area contributed by atoms with Crippen molar-refractivity contribution in [2.24, 2.45) is 0 Å². The molecule has 0 unspecified atom stereocenters. The Morgan fingerprint density at radius 1 is 1.00 bits per heavy atom. The number of unbranched alkanes of at least 4 members (excludes halogenated alkanes) is 3. The Labute approximate surface area is 99.4 Å². The second kappa shape index (κ2) is 12.0. The molecule has 0 saturated carbocycles. The fourth-order valence-corrected chi connectivity index (χ4v) is 1.27. The first-order valence-corrected chi connectivity index (χ1v) is 6.26. The Hall–Kier alpha value is -1.05. The van der Waals surface area contributed by atoms with Gasteiger partial charge >= 0.3 is 5.97 Å². The second-order valence-corrected chi connectivity index (χ2v) is 3.67. The topological polar surface area (TPSA) is 26.3 Å². The van der Waals surface area contributed by atoms with Gasteiger partial charge in [0.15, 0.2) is 0 Å². The summed E-state index contributed by atoms with van der Waals surface area (Å²) < 4.78 is 4.81. The number of rotatable bonds is 9. The number of hydrogen-bond donors (Lipinski definition) is 0. The van der Waals surface area contributed by atoms with Crippen molar-refractivity contribution in [3.63, 3.8) is 0 Å². The molecule has 0 heterocycles. The molecule has 0 atom stereocenters. The summed E-state index contributed by atoms with van der Waals surface area (Å²) in [5, 5.41) is 0. The van der Waals surface area contributed by atoms with E-state index >= 15 is 0 Å². The first-order valence-electron chi connectivity index (χ1n) is 6.26. The van der Waals surface area contributed by atoms with Crippen molar-refractivity contribution in [1.29, 1.82) is 0 Å². The van der Waals surface area contributed by atoms with Crippen LogP contribution < -0.4 is 0 Å². The molecule has 2 heteroatoms. The lowest BCUT2D eigenvalue weighted by Gasteiger charge is -1.96. The standard InChI is InChI=1S/C14H24O2/c1-3-5-6-7-8-9-10-11-12-13-14(15)16-4-2/h6-7,11-12H,3-5,8-10,13H2,1-2H3. The van der Waals surface area contributed by atoms with Gasteiger partial charge < -0.3 is 4.74 Å². The molecule has 0 N–H and O–H groups in total. The van der Waals surface area contributed by atoms with Crippen LogP contribution in [0.5, 0.6) is 0 Å². The molecule has 92 valence electrons. The van der Waals surface area contributed by atoms with E-state index in [2.05, 4.69) is 25.2 Å². The van der Waals surface area contributed by atoms with Gasteiger partial charge in [0.1, 0.15) is 0 Å². The zero-order chi connectivity index (χ0) is 12.1. The van der Waals surface area contributed by atoms with Crippen LogP contribution in [0.25, 0.3) is 0 Å². The molecule has 0 radical (unpaired) electrons. The highest BCUT2D eigenvalue weighted by molar-refractivity contribution is 5.71. The van der Waals surface area contributed by atoms with E-state index in [1.54, 1.807) is 0 Å². The minimum Gasteiger partial charge on any atom is -0.466 e. The van der Waals surface area contributed by atoms with Gasteiger partial charge in [-0.1, -0.05) is 37.6 Å². The number of carbonyl (C=O) groups is 1. The van der Waals surface area contributed by atoms with Crippen LogP contribution in [0.15, 0.2) is 24.3 Å². The molecule has 16 heavy (non-hydrogen) atoms. The van der Waals surface area contributed by atoms with Gasteiger partial charge in [-0.25, -0.2) is 0 Å². The molecule has 0 aliphatic heterocycles. The maximum absolute atomic E-state index is 11.0. The van der Waals surface area contributed by atoms with E-state index in [1.165, 1.54) is 12.8 Å². The first-order chi connectivity index (χ1) is 7.81. The molecule has 2 nitrogen and oxygen atoms in total. The summed E-state index contributed by atoms with van der Waals surface area (Å²) in [7, 11) is 0. The van der Waals surface area contributed by atoms with Crippen molar-refractivity contribution in [1.82, 2.24) is 0 Å². The molecule has 0 spiro atoms. The van der Waals surface area contributed by atoms with E-state index in [0.29, 0.717) is 13.0 Å². The summed E-state index contributed by atoms with van der Waals surface area (Å²) in [6.45, 7) is 4.47. The highest BCUT2D eigenvalue weighted by Crippen LogP contribution is 2.00. The number of esters is 1. The Bertz CT molecular complexity index is 217. The number of allylic oxidation sites excluding steroid dienone is 3. The molecule has 0 rings (SSSR count). The van der Waals surface area contributed by atoms with E-state index < -0.39 is 0 Å². The van der Waals surface area contributed by atoms with Crippen molar-refractivity contribution in [2.75, 3.05) is 6.61 Å². The zero-order valence-corrected chi connectivity index (χ0v) is 10.6. The van der Waals surface area contributed by atoms with Crippen LogP contribution in [0.4, 0.5) is 0 Å². The lowest BCUT2D eigenvalue weighted by molar-refractivity contribution is -0.142. The average Bonchev–Trinajstić information content (AvgIpc) is 2.27. The van der Waals surface area contributed by atoms with E-state index in [-0.39, 0.29) is 5.97 Å².